The van der Waals surface area contributed by atoms with Crippen LogP contribution in [0, 0.1) is 0 Å². The SMILES string of the molecule is CCCCCCCCCCCCCCCCCCC(=O)c1cccs1. The molecule has 0 saturated carbocycles. The molecule has 2 heteroatoms. The molecule has 0 radical (unpaired) electrons. The summed E-state index contributed by atoms with van der Waals surface area (Å²) in [7, 11) is 0. The zero-order valence-electron chi connectivity index (χ0n) is 16.6. The molecule has 0 atom stereocenters. The molecule has 0 unspecified atom stereocenters. The van der Waals surface area contributed by atoms with Crippen molar-refractivity contribution in [1.82, 2.24) is 0 Å². The van der Waals surface area contributed by atoms with Crippen molar-refractivity contribution in [3.63, 3.8) is 0 Å². The van der Waals surface area contributed by atoms with E-state index in [-0.39, 0.29) is 0 Å². The molecule has 0 aliphatic carbocycles. The minimum Gasteiger partial charge on any atom is -0.293 e. The van der Waals surface area contributed by atoms with Crippen LogP contribution in [-0.2, 0) is 0 Å². The fourth-order valence-corrected chi connectivity index (χ4v) is 4.09. The van der Waals surface area contributed by atoms with Crippen LogP contribution in [0.4, 0.5) is 0 Å². The van der Waals surface area contributed by atoms with Gasteiger partial charge in [0.2, 0.25) is 0 Å². The Morgan fingerprint density at radius 3 is 1.56 bits per heavy atom. The van der Waals surface area contributed by atoms with Gasteiger partial charge in [0.15, 0.2) is 5.78 Å². The number of rotatable bonds is 18. The van der Waals surface area contributed by atoms with Gasteiger partial charge in [-0.1, -0.05) is 109 Å². The molecule has 0 fully saturated rings. The van der Waals surface area contributed by atoms with E-state index in [1.807, 2.05) is 17.5 Å². The molecule has 1 rings (SSSR count). The molecule has 0 N–H and O–H groups in total. The molecule has 144 valence electrons. The molecule has 0 spiro atoms. The first-order valence-corrected chi connectivity index (χ1v) is 11.8. The van der Waals surface area contributed by atoms with Crippen LogP contribution in [0.25, 0.3) is 0 Å². The van der Waals surface area contributed by atoms with E-state index in [0.717, 1.165) is 17.7 Å². The first-order valence-electron chi connectivity index (χ1n) is 10.9. The number of hydrogen-bond acceptors (Lipinski definition) is 2. The van der Waals surface area contributed by atoms with E-state index in [4.69, 9.17) is 0 Å². The van der Waals surface area contributed by atoms with Crippen molar-refractivity contribution in [3.05, 3.63) is 22.4 Å². The normalized spacial score (nSPS) is 11.1. The number of hydrogen-bond donors (Lipinski definition) is 0. The van der Waals surface area contributed by atoms with Crippen LogP contribution >= 0.6 is 11.3 Å². The third-order valence-electron chi connectivity index (χ3n) is 5.05. The zero-order valence-corrected chi connectivity index (χ0v) is 17.4. The van der Waals surface area contributed by atoms with Crippen LogP contribution in [-0.4, -0.2) is 5.78 Å². The highest BCUT2D eigenvalue weighted by Crippen LogP contribution is 2.16. The maximum atomic E-state index is 11.9. The van der Waals surface area contributed by atoms with Gasteiger partial charge in [0.1, 0.15) is 0 Å². The van der Waals surface area contributed by atoms with Crippen molar-refractivity contribution in [1.29, 1.82) is 0 Å². The van der Waals surface area contributed by atoms with E-state index in [1.165, 1.54) is 96.3 Å². The van der Waals surface area contributed by atoms with Gasteiger partial charge < -0.3 is 0 Å². The van der Waals surface area contributed by atoms with Gasteiger partial charge in [0.05, 0.1) is 4.88 Å². The molecule has 0 aliphatic heterocycles. The van der Waals surface area contributed by atoms with Crippen LogP contribution in [0.2, 0.25) is 0 Å². The number of unbranched alkanes of at least 4 members (excludes halogenated alkanes) is 15. The summed E-state index contributed by atoms with van der Waals surface area (Å²) in [5.74, 6) is 0.334. The molecule has 0 bridgehead atoms. The highest BCUT2D eigenvalue weighted by molar-refractivity contribution is 7.12. The van der Waals surface area contributed by atoms with Crippen LogP contribution < -0.4 is 0 Å². The molecule has 1 nitrogen and oxygen atoms in total. The second kappa shape index (κ2) is 16.8. The topological polar surface area (TPSA) is 17.1 Å². The second-order valence-corrected chi connectivity index (χ2v) is 8.40. The van der Waals surface area contributed by atoms with Gasteiger partial charge in [-0.2, -0.15) is 0 Å². The van der Waals surface area contributed by atoms with E-state index < -0.39 is 0 Å². The van der Waals surface area contributed by atoms with Crippen molar-refractivity contribution in [2.75, 3.05) is 0 Å². The maximum Gasteiger partial charge on any atom is 0.172 e. The van der Waals surface area contributed by atoms with Crippen LogP contribution in [0.1, 0.15) is 126 Å². The zero-order chi connectivity index (χ0) is 18.0. The number of ketones is 1. The molecule has 0 aromatic carbocycles. The van der Waals surface area contributed by atoms with Crippen LogP contribution in [0.5, 0.6) is 0 Å². The van der Waals surface area contributed by atoms with Crippen molar-refractivity contribution < 1.29 is 4.79 Å². The first-order chi connectivity index (χ1) is 12.3. The molecule has 0 amide bonds. The van der Waals surface area contributed by atoms with E-state index in [9.17, 15) is 4.79 Å². The first kappa shape index (κ1) is 22.4. The Labute approximate surface area is 160 Å². The predicted molar refractivity (Wildman–Crippen MR) is 113 cm³/mol. The smallest absolute Gasteiger partial charge is 0.172 e. The fraction of sp³-hybridized carbons (Fsp3) is 0.783. The Kier molecular flexibility index (Phi) is 15.1. The van der Waals surface area contributed by atoms with Crippen molar-refractivity contribution in [2.24, 2.45) is 0 Å². The molecule has 1 aromatic rings. The Morgan fingerprint density at radius 1 is 0.720 bits per heavy atom. The number of Topliss-reactive ketones (excluding diaryl/α,β-unsaturated/α-hetero) is 1. The molecule has 1 heterocycles. The highest BCUT2D eigenvalue weighted by Gasteiger charge is 2.05. The standard InChI is InChI=1S/C23H40OS/c1-2-3-4-5-6-7-8-9-10-11-12-13-14-15-16-17-19-22(24)23-20-18-21-25-23/h18,20-21H,2-17,19H2,1H3. The largest absolute Gasteiger partial charge is 0.293 e. The summed E-state index contributed by atoms with van der Waals surface area (Å²) in [5.41, 5.74) is 0. The lowest BCUT2D eigenvalue weighted by Crippen LogP contribution is -1.95. The third-order valence-corrected chi connectivity index (χ3v) is 5.96. The Morgan fingerprint density at radius 2 is 1.16 bits per heavy atom. The van der Waals surface area contributed by atoms with Crippen LogP contribution in [0.3, 0.4) is 0 Å². The van der Waals surface area contributed by atoms with Crippen molar-refractivity contribution >= 4 is 17.1 Å². The Hall–Kier alpha value is -0.630. The van der Waals surface area contributed by atoms with Gasteiger partial charge in [0, 0.05) is 6.42 Å². The minimum absolute atomic E-state index is 0.334. The summed E-state index contributed by atoms with van der Waals surface area (Å²) in [5, 5.41) is 1.99. The third kappa shape index (κ3) is 13.3. The van der Waals surface area contributed by atoms with Crippen molar-refractivity contribution in [3.8, 4) is 0 Å². The summed E-state index contributed by atoms with van der Waals surface area (Å²) in [6, 6.07) is 3.91. The van der Waals surface area contributed by atoms with E-state index in [1.54, 1.807) is 11.3 Å². The van der Waals surface area contributed by atoms with Crippen molar-refractivity contribution in [2.45, 2.75) is 116 Å². The van der Waals surface area contributed by atoms with E-state index in [2.05, 4.69) is 6.92 Å². The van der Waals surface area contributed by atoms with E-state index >= 15 is 0 Å². The number of thiophene rings is 1. The monoisotopic (exact) mass is 364 g/mol. The Balaban J connectivity index is 1.73. The average molecular weight is 365 g/mol. The number of carbonyl (C=O) groups excluding carboxylic acids is 1. The fourth-order valence-electron chi connectivity index (χ4n) is 3.39. The van der Waals surface area contributed by atoms with Gasteiger partial charge in [-0.25, -0.2) is 0 Å². The van der Waals surface area contributed by atoms with Gasteiger partial charge in [-0.15, -0.1) is 11.3 Å². The summed E-state index contributed by atoms with van der Waals surface area (Å²) in [6.07, 6.45) is 22.8. The van der Waals surface area contributed by atoms with E-state index in [0.29, 0.717) is 5.78 Å². The molecule has 0 aliphatic rings. The molecule has 25 heavy (non-hydrogen) atoms. The summed E-state index contributed by atoms with van der Waals surface area (Å²) in [6.45, 7) is 2.29. The highest BCUT2D eigenvalue weighted by atomic mass is 32.1. The summed E-state index contributed by atoms with van der Waals surface area (Å²) in [4.78, 5) is 12.8. The molecule has 0 saturated heterocycles. The molecular weight excluding hydrogens is 324 g/mol. The quantitative estimate of drug-likeness (QED) is 0.188. The summed E-state index contributed by atoms with van der Waals surface area (Å²) < 4.78 is 0. The lowest BCUT2D eigenvalue weighted by atomic mass is 10.0. The van der Waals surface area contributed by atoms with Gasteiger partial charge >= 0.3 is 0 Å². The summed E-state index contributed by atoms with van der Waals surface area (Å²) >= 11 is 1.57. The lowest BCUT2D eigenvalue weighted by molar-refractivity contribution is 0.0983. The lowest BCUT2D eigenvalue weighted by Gasteiger charge is -2.03. The second-order valence-electron chi connectivity index (χ2n) is 7.45. The number of carbonyl (C=O) groups is 1. The Bertz CT molecular complexity index is 396. The van der Waals surface area contributed by atoms with Gasteiger partial charge in [-0.05, 0) is 17.9 Å². The molecular formula is C23H40OS. The van der Waals surface area contributed by atoms with Gasteiger partial charge in [0.25, 0.3) is 0 Å². The van der Waals surface area contributed by atoms with Gasteiger partial charge in [-0.3, -0.25) is 4.79 Å². The average Bonchev–Trinajstić information content (AvgIpc) is 3.16. The van der Waals surface area contributed by atoms with Crippen LogP contribution in [0.15, 0.2) is 17.5 Å². The maximum absolute atomic E-state index is 11.9. The molecule has 1 aromatic heterocycles. The predicted octanol–water partition coefficient (Wildman–Crippen LogP) is 8.58. The minimum atomic E-state index is 0.334.